The van der Waals surface area contributed by atoms with Crippen LogP contribution in [-0.4, -0.2) is 34.2 Å². The fraction of sp³-hybridized carbons (Fsp3) is 0.211. The normalized spacial score (nSPS) is 14.4. The number of carbonyl (C=O) groups is 1. The van der Waals surface area contributed by atoms with E-state index in [1.54, 1.807) is 12.1 Å². The van der Waals surface area contributed by atoms with Gasteiger partial charge in [0.15, 0.2) is 0 Å². The molecule has 0 unspecified atom stereocenters. The molecule has 2 aromatic carbocycles. The van der Waals surface area contributed by atoms with Crippen LogP contribution in [0.5, 0.6) is 0 Å². The third kappa shape index (κ3) is 2.54. The van der Waals surface area contributed by atoms with Crippen molar-refractivity contribution in [1.82, 2.24) is 9.88 Å². The molecule has 128 valence electrons. The average Bonchev–Trinajstić information content (AvgIpc) is 2.79. The lowest BCUT2D eigenvalue weighted by Gasteiger charge is -2.15. The number of nitrogens with zero attached hydrogens (tertiary/aromatic N) is 1. The second-order valence-electron chi connectivity index (χ2n) is 6.18. The largest absolute Gasteiger partial charge is 0.465 e. The second kappa shape index (κ2) is 5.88. The molecule has 0 saturated carbocycles. The van der Waals surface area contributed by atoms with Gasteiger partial charge in [-0.3, -0.25) is 0 Å². The molecule has 1 aromatic heterocycles. The van der Waals surface area contributed by atoms with Crippen LogP contribution in [-0.2, 0) is 12.8 Å². The van der Waals surface area contributed by atoms with Crippen molar-refractivity contribution in [1.29, 1.82) is 0 Å². The number of H-pyrrole nitrogens is 1. The minimum absolute atomic E-state index is 0.0470. The number of aromatic amines is 1. The fourth-order valence-corrected chi connectivity index (χ4v) is 3.62. The van der Waals surface area contributed by atoms with Crippen LogP contribution >= 0.6 is 0 Å². The quantitative estimate of drug-likeness (QED) is 0.697. The van der Waals surface area contributed by atoms with E-state index in [0.717, 1.165) is 22.2 Å². The molecule has 0 radical (unpaired) electrons. The molecule has 0 fully saturated rings. The van der Waals surface area contributed by atoms with Crippen molar-refractivity contribution >= 4 is 17.0 Å². The Labute approximate surface area is 142 Å². The predicted octanol–water partition coefficient (Wildman–Crippen LogP) is 4.19. The van der Waals surface area contributed by atoms with E-state index >= 15 is 0 Å². The Kier molecular flexibility index (Phi) is 3.67. The molecular formula is C19H16F2N2O2. The topological polar surface area (TPSA) is 56.3 Å². The summed E-state index contributed by atoms with van der Waals surface area (Å²) in [5.41, 5.74) is 3.14. The Morgan fingerprint density at radius 1 is 1.04 bits per heavy atom. The number of nitrogens with one attached hydrogen (secondary N) is 1. The number of halogens is 2. The van der Waals surface area contributed by atoms with E-state index in [1.165, 1.54) is 23.1 Å². The van der Waals surface area contributed by atoms with Gasteiger partial charge in [-0.05, 0) is 35.7 Å². The van der Waals surface area contributed by atoms with Crippen LogP contribution in [0.15, 0.2) is 36.4 Å². The highest BCUT2D eigenvalue weighted by atomic mass is 19.1. The Morgan fingerprint density at radius 3 is 2.44 bits per heavy atom. The zero-order valence-corrected chi connectivity index (χ0v) is 13.4. The van der Waals surface area contributed by atoms with Crippen molar-refractivity contribution < 1.29 is 18.7 Å². The zero-order valence-electron chi connectivity index (χ0n) is 13.4. The van der Waals surface area contributed by atoms with Crippen LogP contribution in [0.2, 0.25) is 0 Å². The number of amides is 1. The van der Waals surface area contributed by atoms with E-state index in [2.05, 4.69) is 4.98 Å². The lowest BCUT2D eigenvalue weighted by atomic mass is 9.96. The number of hydrogen-bond acceptors (Lipinski definition) is 1. The van der Waals surface area contributed by atoms with Gasteiger partial charge in [0.1, 0.15) is 11.6 Å². The summed E-state index contributed by atoms with van der Waals surface area (Å²) in [6, 6.07) is 9.18. The summed E-state index contributed by atoms with van der Waals surface area (Å²) in [4.78, 5) is 15.9. The lowest BCUT2D eigenvalue weighted by Crippen LogP contribution is -2.31. The van der Waals surface area contributed by atoms with Crippen LogP contribution in [0, 0.1) is 11.6 Å². The first kappa shape index (κ1) is 15.6. The minimum Gasteiger partial charge on any atom is -0.465 e. The molecule has 0 saturated heterocycles. The van der Waals surface area contributed by atoms with Crippen LogP contribution in [0.4, 0.5) is 13.6 Å². The van der Waals surface area contributed by atoms with E-state index in [9.17, 15) is 18.7 Å². The minimum atomic E-state index is -0.949. The van der Waals surface area contributed by atoms with Crippen molar-refractivity contribution in [3.63, 3.8) is 0 Å². The van der Waals surface area contributed by atoms with Gasteiger partial charge in [0, 0.05) is 36.1 Å². The van der Waals surface area contributed by atoms with Gasteiger partial charge in [-0.2, -0.15) is 0 Å². The molecule has 25 heavy (non-hydrogen) atoms. The number of rotatable bonds is 1. The summed E-state index contributed by atoms with van der Waals surface area (Å²) in [6.07, 6.45) is 0.111. The molecule has 2 heterocycles. The number of fused-ring (bicyclic) bond motifs is 3. The Hall–Kier alpha value is -2.89. The molecule has 2 N–H and O–H groups in total. The summed E-state index contributed by atoms with van der Waals surface area (Å²) >= 11 is 0. The van der Waals surface area contributed by atoms with Gasteiger partial charge in [0.25, 0.3) is 0 Å². The first-order valence-electron chi connectivity index (χ1n) is 8.11. The van der Waals surface area contributed by atoms with Gasteiger partial charge in [-0.25, -0.2) is 13.6 Å². The summed E-state index contributed by atoms with van der Waals surface area (Å²) in [5, 5.41) is 9.99. The number of aromatic nitrogens is 1. The van der Waals surface area contributed by atoms with Gasteiger partial charge in [-0.1, -0.05) is 18.2 Å². The molecule has 0 aliphatic carbocycles. The van der Waals surface area contributed by atoms with Crippen molar-refractivity contribution in [2.45, 2.75) is 12.8 Å². The maximum absolute atomic E-state index is 14.3. The fourth-order valence-electron chi connectivity index (χ4n) is 3.62. The molecule has 4 rings (SSSR count). The van der Waals surface area contributed by atoms with E-state index in [4.69, 9.17) is 0 Å². The molecule has 4 nitrogen and oxygen atoms in total. The summed E-state index contributed by atoms with van der Waals surface area (Å²) in [7, 11) is 0. The highest BCUT2D eigenvalue weighted by Crippen LogP contribution is 2.36. The van der Waals surface area contributed by atoms with Crippen LogP contribution in [0.25, 0.3) is 22.0 Å². The third-order valence-electron chi connectivity index (χ3n) is 4.78. The summed E-state index contributed by atoms with van der Waals surface area (Å²) in [6.45, 7) is 0.766. The van der Waals surface area contributed by atoms with Crippen molar-refractivity contribution in [3.05, 3.63) is 59.3 Å². The smallest absolute Gasteiger partial charge is 0.407 e. The molecule has 1 aliphatic heterocycles. The van der Waals surface area contributed by atoms with E-state index in [0.29, 0.717) is 31.5 Å². The lowest BCUT2D eigenvalue weighted by molar-refractivity contribution is 0.147. The highest BCUT2D eigenvalue weighted by Gasteiger charge is 2.23. The third-order valence-corrected chi connectivity index (χ3v) is 4.78. The maximum Gasteiger partial charge on any atom is 0.407 e. The van der Waals surface area contributed by atoms with Gasteiger partial charge < -0.3 is 15.0 Å². The van der Waals surface area contributed by atoms with Gasteiger partial charge >= 0.3 is 6.09 Å². The summed E-state index contributed by atoms with van der Waals surface area (Å²) in [5.74, 6) is -1.22. The van der Waals surface area contributed by atoms with Crippen LogP contribution in [0.1, 0.15) is 11.3 Å². The van der Waals surface area contributed by atoms with Crippen LogP contribution in [0.3, 0.4) is 0 Å². The molecule has 1 amide bonds. The van der Waals surface area contributed by atoms with Crippen molar-refractivity contribution in [2.75, 3.05) is 13.1 Å². The molecule has 6 heteroatoms. The highest BCUT2D eigenvalue weighted by molar-refractivity contribution is 5.99. The number of carboxylic acid groups (broad SMARTS) is 1. The molecule has 0 bridgehead atoms. The first-order valence-corrected chi connectivity index (χ1v) is 8.11. The number of hydrogen-bond donors (Lipinski definition) is 2. The first-order chi connectivity index (χ1) is 12.1. The van der Waals surface area contributed by atoms with Gasteiger partial charge in [-0.15, -0.1) is 0 Å². The van der Waals surface area contributed by atoms with E-state index < -0.39 is 17.7 Å². The second-order valence-corrected chi connectivity index (χ2v) is 6.18. The van der Waals surface area contributed by atoms with Crippen molar-refractivity contribution in [3.8, 4) is 11.1 Å². The number of benzene rings is 2. The van der Waals surface area contributed by atoms with Crippen LogP contribution < -0.4 is 0 Å². The molecular weight excluding hydrogens is 326 g/mol. The van der Waals surface area contributed by atoms with Gasteiger partial charge in [0.2, 0.25) is 0 Å². The SMILES string of the molecule is O=C(O)N1CCc2[nH]c3cccc(-c4c(F)cccc4F)c3c2CC1. The Balaban J connectivity index is 1.92. The molecule has 0 spiro atoms. The van der Waals surface area contributed by atoms with Gasteiger partial charge in [0.05, 0.1) is 5.56 Å². The van der Waals surface area contributed by atoms with Crippen molar-refractivity contribution in [2.24, 2.45) is 0 Å². The average molecular weight is 342 g/mol. The Bertz CT molecular complexity index is 961. The predicted molar refractivity (Wildman–Crippen MR) is 90.7 cm³/mol. The standard InChI is InChI=1S/C19H16F2N2O2/c20-13-4-2-5-14(21)18(13)12-3-1-6-16-17(12)11-7-9-23(19(24)25)10-8-15(11)22-16/h1-6,22H,7-10H2,(H,24,25). The summed E-state index contributed by atoms with van der Waals surface area (Å²) < 4.78 is 28.6. The van der Waals surface area contributed by atoms with E-state index in [-0.39, 0.29) is 5.56 Å². The molecule has 0 atom stereocenters. The maximum atomic E-state index is 14.3. The molecule has 3 aromatic rings. The Morgan fingerprint density at radius 2 is 1.72 bits per heavy atom. The monoisotopic (exact) mass is 342 g/mol. The van der Waals surface area contributed by atoms with E-state index in [1.807, 2.05) is 6.07 Å². The molecule has 1 aliphatic rings. The zero-order chi connectivity index (χ0) is 17.6.